The predicted molar refractivity (Wildman–Crippen MR) is 105 cm³/mol. The lowest BCUT2D eigenvalue weighted by Crippen LogP contribution is -2.04. The van der Waals surface area contributed by atoms with Crippen LogP contribution in [-0.4, -0.2) is 9.97 Å². The Balaban J connectivity index is 2.08. The minimum absolute atomic E-state index is 0.506. The first-order valence-corrected chi connectivity index (χ1v) is 8.99. The summed E-state index contributed by atoms with van der Waals surface area (Å²) in [6.45, 7) is 5.60. The lowest BCUT2D eigenvalue weighted by Gasteiger charge is -2.10. The van der Waals surface area contributed by atoms with Gasteiger partial charge in [0.05, 0.1) is 5.56 Å². The van der Waals surface area contributed by atoms with Gasteiger partial charge in [0.25, 0.3) is 0 Å². The minimum atomic E-state index is -4.38. The molecule has 0 aliphatic carbocycles. The summed E-state index contributed by atoms with van der Waals surface area (Å²) in [7, 11) is 0. The molecule has 1 N–H and O–H groups in total. The van der Waals surface area contributed by atoms with Crippen LogP contribution in [-0.2, 0) is 6.18 Å². The molecule has 0 saturated carbocycles. The van der Waals surface area contributed by atoms with Gasteiger partial charge in [0, 0.05) is 22.7 Å². The molecule has 2 aromatic heterocycles. The molecular weight excluding hydrogens is 369 g/mol. The molecule has 3 rings (SSSR count). The normalized spacial score (nSPS) is 12.8. The first-order chi connectivity index (χ1) is 12.9. The number of hydrogen-bond acceptors (Lipinski definition) is 2. The molecule has 1 aromatic carbocycles. The maximum atomic E-state index is 13.1. The zero-order valence-corrected chi connectivity index (χ0v) is 15.4. The first kappa shape index (κ1) is 19.0. The van der Waals surface area contributed by atoms with Gasteiger partial charge in [0.1, 0.15) is 5.65 Å². The van der Waals surface area contributed by atoms with Crippen LogP contribution in [0.3, 0.4) is 0 Å². The van der Waals surface area contributed by atoms with Crippen molar-refractivity contribution in [2.24, 2.45) is 0 Å². The van der Waals surface area contributed by atoms with Gasteiger partial charge in [0.2, 0.25) is 0 Å². The van der Waals surface area contributed by atoms with E-state index in [1.165, 1.54) is 23.9 Å². The summed E-state index contributed by atoms with van der Waals surface area (Å²) in [6, 6.07) is 7.10. The summed E-state index contributed by atoms with van der Waals surface area (Å²) in [5, 5.41) is 0.808. The lowest BCUT2D eigenvalue weighted by atomic mass is 10.0. The number of thioether (sulfide) groups is 1. The Morgan fingerprint density at radius 2 is 2.04 bits per heavy atom. The molecule has 27 heavy (non-hydrogen) atoms. The molecule has 0 fully saturated rings. The van der Waals surface area contributed by atoms with E-state index >= 15 is 0 Å². The van der Waals surface area contributed by atoms with Crippen LogP contribution in [0.25, 0.3) is 22.2 Å². The molecule has 0 aliphatic rings. The quantitative estimate of drug-likeness (QED) is 0.378. The average Bonchev–Trinajstić information content (AvgIpc) is 3.04. The van der Waals surface area contributed by atoms with Crippen LogP contribution in [0.5, 0.6) is 0 Å². The van der Waals surface area contributed by atoms with E-state index in [0.717, 1.165) is 21.3 Å². The number of allylic oxidation sites excluding steroid dienone is 5. The third-order valence-corrected chi connectivity index (χ3v) is 4.89. The van der Waals surface area contributed by atoms with Gasteiger partial charge in [-0.3, -0.25) is 0 Å². The molecule has 2 nitrogen and oxygen atoms in total. The SMILES string of the molecule is C=C/C=C\C=C(/C)Sc1c[nH]c2nccc(-c3cccc(C(F)(F)F)c3)c12. The highest BCUT2D eigenvalue weighted by Crippen LogP contribution is 2.39. The Morgan fingerprint density at radius 1 is 1.22 bits per heavy atom. The van der Waals surface area contributed by atoms with Crippen LogP contribution in [0.15, 0.2) is 83.4 Å². The van der Waals surface area contributed by atoms with Crippen molar-refractivity contribution >= 4 is 22.8 Å². The molecule has 3 aromatic rings. The second-order valence-corrected chi connectivity index (χ2v) is 7.10. The highest BCUT2D eigenvalue weighted by atomic mass is 32.2. The Morgan fingerprint density at radius 3 is 2.78 bits per heavy atom. The second-order valence-electron chi connectivity index (χ2n) is 5.81. The molecule has 0 bridgehead atoms. The van der Waals surface area contributed by atoms with Crippen LogP contribution in [0.2, 0.25) is 0 Å². The van der Waals surface area contributed by atoms with Crippen LogP contribution in [0.1, 0.15) is 12.5 Å². The van der Waals surface area contributed by atoms with Crippen LogP contribution < -0.4 is 0 Å². The van der Waals surface area contributed by atoms with Crippen molar-refractivity contribution in [2.75, 3.05) is 0 Å². The van der Waals surface area contributed by atoms with E-state index in [0.29, 0.717) is 16.8 Å². The minimum Gasteiger partial charge on any atom is -0.345 e. The van der Waals surface area contributed by atoms with Gasteiger partial charge < -0.3 is 4.98 Å². The number of alkyl halides is 3. The van der Waals surface area contributed by atoms with Gasteiger partial charge in [-0.1, -0.05) is 54.8 Å². The van der Waals surface area contributed by atoms with Crippen LogP contribution >= 0.6 is 11.8 Å². The van der Waals surface area contributed by atoms with Crippen molar-refractivity contribution in [1.29, 1.82) is 0 Å². The molecule has 0 radical (unpaired) electrons. The third kappa shape index (κ3) is 4.34. The zero-order chi connectivity index (χ0) is 19.4. The van der Waals surface area contributed by atoms with Crippen LogP contribution in [0, 0.1) is 0 Å². The number of hydrogen-bond donors (Lipinski definition) is 1. The van der Waals surface area contributed by atoms with E-state index in [2.05, 4.69) is 16.5 Å². The maximum Gasteiger partial charge on any atom is 0.416 e. The number of halogens is 3. The summed E-state index contributed by atoms with van der Waals surface area (Å²) < 4.78 is 39.3. The predicted octanol–water partition coefficient (Wildman–Crippen LogP) is 6.99. The zero-order valence-electron chi connectivity index (χ0n) is 14.5. The number of nitrogens with zero attached hydrogens (tertiary/aromatic N) is 1. The molecule has 6 heteroatoms. The fraction of sp³-hybridized carbons (Fsp3) is 0.0952. The number of fused-ring (bicyclic) bond motifs is 1. The van der Waals surface area contributed by atoms with Crippen molar-refractivity contribution in [3.05, 3.63) is 84.1 Å². The fourth-order valence-electron chi connectivity index (χ4n) is 2.69. The lowest BCUT2D eigenvalue weighted by molar-refractivity contribution is -0.137. The summed E-state index contributed by atoms with van der Waals surface area (Å²) in [5.41, 5.74) is 1.19. The number of nitrogens with one attached hydrogen (secondary N) is 1. The topological polar surface area (TPSA) is 28.7 Å². The molecule has 138 valence electrons. The molecule has 0 aliphatic heterocycles. The van der Waals surface area contributed by atoms with Crippen molar-refractivity contribution in [1.82, 2.24) is 9.97 Å². The van der Waals surface area contributed by atoms with E-state index in [1.54, 1.807) is 24.4 Å². The number of rotatable bonds is 5. The molecule has 0 amide bonds. The molecule has 0 spiro atoms. The molecule has 0 saturated heterocycles. The van der Waals surface area contributed by atoms with E-state index in [1.807, 2.05) is 31.3 Å². The number of pyridine rings is 1. The number of benzene rings is 1. The monoisotopic (exact) mass is 386 g/mol. The van der Waals surface area contributed by atoms with Crippen molar-refractivity contribution < 1.29 is 13.2 Å². The third-order valence-electron chi connectivity index (χ3n) is 3.89. The first-order valence-electron chi connectivity index (χ1n) is 8.17. The highest BCUT2D eigenvalue weighted by Gasteiger charge is 2.30. The van der Waals surface area contributed by atoms with Gasteiger partial charge in [-0.25, -0.2) is 4.98 Å². The van der Waals surface area contributed by atoms with E-state index in [9.17, 15) is 13.2 Å². The van der Waals surface area contributed by atoms with E-state index in [-0.39, 0.29) is 0 Å². The molecular formula is C21H17F3N2S. The number of aromatic amines is 1. The van der Waals surface area contributed by atoms with Gasteiger partial charge in [-0.15, -0.1) is 0 Å². The van der Waals surface area contributed by atoms with Gasteiger partial charge in [-0.2, -0.15) is 13.2 Å². The highest BCUT2D eigenvalue weighted by molar-refractivity contribution is 8.03. The van der Waals surface area contributed by atoms with Crippen molar-refractivity contribution in [3.8, 4) is 11.1 Å². The van der Waals surface area contributed by atoms with E-state index < -0.39 is 11.7 Å². The molecule has 0 unspecified atom stereocenters. The number of aromatic nitrogens is 2. The Bertz CT molecular complexity index is 1030. The van der Waals surface area contributed by atoms with Crippen molar-refractivity contribution in [3.63, 3.8) is 0 Å². The molecule has 0 atom stereocenters. The standard InChI is InChI=1S/C21H17F3N2S/c1-3-4-5-7-14(2)27-18-13-26-20-19(18)17(10-11-25-20)15-8-6-9-16(12-15)21(22,23)24/h3-13H,1H2,2H3,(H,25,26)/b5-4-,14-7+. The fourth-order valence-corrected chi connectivity index (χ4v) is 3.61. The van der Waals surface area contributed by atoms with Crippen LogP contribution in [0.4, 0.5) is 13.2 Å². The van der Waals surface area contributed by atoms with Gasteiger partial charge in [0.15, 0.2) is 0 Å². The Labute approximate surface area is 159 Å². The summed E-state index contributed by atoms with van der Waals surface area (Å²) >= 11 is 1.53. The maximum absolute atomic E-state index is 13.1. The Hall–Kier alpha value is -2.73. The summed E-state index contributed by atoms with van der Waals surface area (Å²) in [5.74, 6) is 0. The average molecular weight is 386 g/mol. The summed E-state index contributed by atoms with van der Waals surface area (Å²) in [6.07, 6.45) is 6.40. The van der Waals surface area contributed by atoms with Gasteiger partial charge in [-0.05, 0) is 41.2 Å². The largest absolute Gasteiger partial charge is 0.416 e. The van der Waals surface area contributed by atoms with E-state index in [4.69, 9.17) is 0 Å². The van der Waals surface area contributed by atoms with Crippen molar-refractivity contribution in [2.45, 2.75) is 18.0 Å². The smallest absolute Gasteiger partial charge is 0.345 e. The summed E-state index contributed by atoms with van der Waals surface area (Å²) in [4.78, 5) is 9.35. The Kier molecular flexibility index (Phi) is 5.56. The molecule has 2 heterocycles. The second kappa shape index (κ2) is 7.88. The van der Waals surface area contributed by atoms with Gasteiger partial charge >= 0.3 is 6.18 Å². The number of H-pyrrole nitrogens is 1.